The number of amides is 2. The summed E-state index contributed by atoms with van der Waals surface area (Å²) in [5.74, 6) is 0.613. The van der Waals surface area contributed by atoms with E-state index in [1.165, 1.54) is 0 Å². The van der Waals surface area contributed by atoms with Gasteiger partial charge < -0.3 is 16.0 Å². The highest BCUT2D eigenvalue weighted by atomic mass is 35.5. The van der Waals surface area contributed by atoms with Gasteiger partial charge in [0.25, 0.3) is 5.91 Å². The van der Waals surface area contributed by atoms with E-state index in [0.717, 1.165) is 19.4 Å². The number of hydrogen-bond donors (Lipinski definition) is 2. The zero-order valence-corrected chi connectivity index (χ0v) is 14.8. The van der Waals surface area contributed by atoms with Crippen LogP contribution in [0, 0.1) is 17.8 Å². The number of carbonyl (C=O) groups is 2. The van der Waals surface area contributed by atoms with E-state index in [1.54, 1.807) is 18.2 Å². The van der Waals surface area contributed by atoms with Crippen LogP contribution >= 0.6 is 11.6 Å². The molecule has 1 aromatic rings. The number of carbonyl (C=O) groups excluding carboxylic acids is 2. The van der Waals surface area contributed by atoms with Crippen molar-refractivity contribution < 1.29 is 9.59 Å². The second kappa shape index (κ2) is 6.73. The molecule has 1 saturated carbocycles. The first-order valence-electron chi connectivity index (χ1n) is 8.52. The Morgan fingerprint density at radius 3 is 2.71 bits per heavy atom. The van der Waals surface area contributed by atoms with Crippen molar-refractivity contribution in [3.8, 4) is 0 Å². The Kier molecular flexibility index (Phi) is 4.83. The highest BCUT2D eigenvalue weighted by Crippen LogP contribution is 2.38. The molecule has 1 heterocycles. The van der Waals surface area contributed by atoms with Gasteiger partial charge in [0.2, 0.25) is 5.91 Å². The number of anilines is 1. The summed E-state index contributed by atoms with van der Waals surface area (Å²) in [5, 5.41) is 3.22. The highest BCUT2D eigenvalue weighted by Gasteiger charge is 2.42. The largest absolute Gasteiger partial charge is 0.338 e. The Bertz CT molecular complexity index is 662. The molecule has 1 aliphatic carbocycles. The minimum atomic E-state index is -0.126. The van der Waals surface area contributed by atoms with Gasteiger partial charge in [-0.1, -0.05) is 25.4 Å². The number of likely N-dealkylation sites (tertiary alicyclic amines) is 1. The van der Waals surface area contributed by atoms with Crippen molar-refractivity contribution in [3.63, 3.8) is 0 Å². The number of nitrogens with zero attached hydrogens (tertiary/aromatic N) is 1. The predicted molar refractivity (Wildman–Crippen MR) is 95.0 cm³/mol. The van der Waals surface area contributed by atoms with Crippen LogP contribution in [0.3, 0.4) is 0 Å². The minimum absolute atomic E-state index is 0.0813. The molecule has 3 unspecified atom stereocenters. The number of fused-ring (bicyclic) bond motifs is 1. The molecule has 1 saturated heterocycles. The summed E-state index contributed by atoms with van der Waals surface area (Å²) in [7, 11) is 0. The Labute approximate surface area is 147 Å². The van der Waals surface area contributed by atoms with Crippen molar-refractivity contribution in [3.05, 3.63) is 28.8 Å². The molecule has 3 N–H and O–H groups in total. The standard InChI is InChI=1S/C18H24ClN3O2/c1-10(2)17(23)21-12-4-5-15(19)13(7-12)18(24)22-8-11-3-6-16(20)14(11)9-22/h4-5,7,10-11,14,16H,3,6,8-9,20H2,1-2H3,(H,21,23). The maximum Gasteiger partial charge on any atom is 0.255 e. The number of nitrogens with one attached hydrogen (secondary N) is 1. The molecular weight excluding hydrogens is 326 g/mol. The third-order valence-corrected chi connectivity index (χ3v) is 5.52. The van der Waals surface area contributed by atoms with Gasteiger partial charge in [-0.15, -0.1) is 0 Å². The van der Waals surface area contributed by atoms with Crippen LogP contribution in [-0.2, 0) is 4.79 Å². The van der Waals surface area contributed by atoms with Crippen molar-refractivity contribution in [2.45, 2.75) is 32.7 Å². The lowest BCUT2D eigenvalue weighted by atomic mass is 9.98. The summed E-state index contributed by atoms with van der Waals surface area (Å²) >= 11 is 6.23. The van der Waals surface area contributed by atoms with E-state index in [9.17, 15) is 9.59 Å². The molecule has 0 spiro atoms. The summed E-state index contributed by atoms with van der Waals surface area (Å²) in [4.78, 5) is 26.6. The van der Waals surface area contributed by atoms with Crippen LogP contribution in [0.25, 0.3) is 0 Å². The fraction of sp³-hybridized carbons (Fsp3) is 0.556. The summed E-state index contributed by atoms with van der Waals surface area (Å²) < 4.78 is 0. The first kappa shape index (κ1) is 17.2. The molecule has 24 heavy (non-hydrogen) atoms. The van der Waals surface area contributed by atoms with Gasteiger partial charge in [0.15, 0.2) is 0 Å². The first-order valence-corrected chi connectivity index (χ1v) is 8.90. The molecule has 0 radical (unpaired) electrons. The van der Waals surface area contributed by atoms with Gasteiger partial charge in [0, 0.05) is 30.7 Å². The third kappa shape index (κ3) is 3.28. The Hall–Kier alpha value is -1.59. The molecule has 3 atom stereocenters. The lowest BCUT2D eigenvalue weighted by molar-refractivity contribution is -0.118. The van der Waals surface area contributed by atoms with E-state index < -0.39 is 0 Å². The number of benzene rings is 1. The van der Waals surface area contributed by atoms with E-state index in [0.29, 0.717) is 34.7 Å². The molecule has 3 rings (SSSR count). The second-order valence-corrected chi connectivity index (χ2v) is 7.62. The van der Waals surface area contributed by atoms with Gasteiger partial charge in [-0.25, -0.2) is 0 Å². The summed E-state index contributed by atoms with van der Waals surface area (Å²) in [6.07, 6.45) is 2.14. The molecule has 0 bridgehead atoms. The monoisotopic (exact) mass is 349 g/mol. The SMILES string of the molecule is CC(C)C(=O)Nc1ccc(Cl)c(C(=O)N2CC3CCC(N)C3C2)c1. The van der Waals surface area contributed by atoms with Gasteiger partial charge in [-0.05, 0) is 42.9 Å². The minimum Gasteiger partial charge on any atom is -0.338 e. The zero-order valence-electron chi connectivity index (χ0n) is 14.1. The van der Waals surface area contributed by atoms with Crippen LogP contribution in [-0.4, -0.2) is 35.8 Å². The number of rotatable bonds is 3. The van der Waals surface area contributed by atoms with Crippen LogP contribution in [0.5, 0.6) is 0 Å². The fourth-order valence-electron chi connectivity index (χ4n) is 3.70. The number of halogens is 1. The molecule has 2 aliphatic rings. The number of hydrogen-bond acceptors (Lipinski definition) is 3. The Morgan fingerprint density at radius 1 is 1.29 bits per heavy atom. The normalized spacial score (nSPS) is 25.9. The van der Waals surface area contributed by atoms with Crippen LogP contribution in [0.4, 0.5) is 5.69 Å². The quantitative estimate of drug-likeness (QED) is 0.881. The van der Waals surface area contributed by atoms with Gasteiger partial charge in [-0.3, -0.25) is 9.59 Å². The summed E-state index contributed by atoms with van der Waals surface area (Å²) in [5.41, 5.74) is 7.18. The van der Waals surface area contributed by atoms with Crippen LogP contribution in [0.2, 0.25) is 5.02 Å². The molecule has 5 nitrogen and oxygen atoms in total. The van der Waals surface area contributed by atoms with E-state index in [4.69, 9.17) is 17.3 Å². The topological polar surface area (TPSA) is 75.4 Å². The summed E-state index contributed by atoms with van der Waals surface area (Å²) in [6.45, 7) is 5.09. The lowest BCUT2D eigenvalue weighted by Crippen LogP contribution is -2.33. The van der Waals surface area contributed by atoms with Gasteiger partial charge in [-0.2, -0.15) is 0 Å². The van der Waals surface area contributed by atoms with E-state index >= 15 is 0 Å². The molecule has 1 aliphatic heterocycles. The highest BCUT2D eigenvalue weighted by molar-refractivity contribution is 6.34. The first-order chi connectivity index (χ1) is 11.4. The molecule has 0 aromatic heterocycles. The van der Waals surface area contributed by atoms with Gasteiger partial charge in [0.05, 0.1) is 10.6 Å². The van der Waals surface area contributed by atoms with Crippen molar-refractivity contribution in [2.24, 2.45) is 23.5 Å². The van der Waals surface area contributed by atoms with E-state index in [2.05, 4.69) is 5.32 Å². The molecule has 130 valence electrons. The van der Waals surface area contributed by atoms with Crippen LogP contribution in [0.15, 0.2) is 18.2 Å². The van der Waals surface area contributed by atoms with Crippen molar-refractivity contribution in [1.82, 2.24) is 4.90 Å². The van der Waals surface area contributed by atoms with E-state index in [-0.39, 0.29) is 23.8 Å². The third-order valence-electron chi connectivity index (χ3n) is 5.19. The Morgan fingerprint density at radius 2 is 2.04 bits per heavy atom. The summed E-state index contributed by atoms with van der Waals surface area (Å²) in [6, 6.07) is 5.24. The zero-order chi connectivity index (χ0) is 17.4. The van der Waals surface area contributed by atoms with Crippen LogP contribution in [0.1, 0.15) is 37.0 Å². The van der Waals surface area contributed by atoms with Crippen molar-refractivity contribution in [2.75, 3.05) is 18.4 Å². The Balaban J connectivity index is 1.76. The van der Waals surface area contributed by atoms with Gasteiger partial charge >= 0.3 is 0 Å². The average molecular weight is 350 g/mol. The molecule has 2 amide bonds. The molecule has 6 heteroatoms. The molecule has 1 aromatic carbocycles. The molecule has 2 fully saturated rings. The van der Waals surface area contributed by atoms with E-state index in [1.807, 2.05) is 18.7 Å². The van der Waals surface area contributed by atoms with Crippen molar-refractivity contribution in [1.29, 1.82) is 0 Å². The smallest absolute Gasteiger partial charge is 0.255 e. The number of nitrogens with two attached hydrogens (primary N) is 1. The fourth-order valence-corrected chi connectivity index (χ4v) is 3.90. The average Bonchev–Trinajstić information content (AvgIpc) is 3.11. The second-order valence-electron chi connectivity index (χ2n) is 7.21. The lowest BCUT2D eigenvalue weighted by Gasteiger charge is -2.20. The maximum atomic E-state index is 12.9. The van der Waals surface area contributed by atoms with Crippen LogP contribution < -0.4 is 11.1 Å². The molecular formula is C18H24ClN3O2. The predicted octanol–water partition coefficient (Wildman–Crippen LogP) is 2.74. The van der Waals surface area contributed by atoms with Crippen molar-refractivity contribution >= 4 is 29.1 Å². The maximum absolute atomic E-state index is 12.9. The van der Waals surface area contributed by atoms with Gasteiger partial charge in [0.1, 0.15) is 0 Å².